The molecule has 0 amide bonds. The predicted molar refractivity (Wildman–Crippen MR) is 82.9 cm³/mol. The van der Waals surface area contributed by atoms with Gasteiger partial charge in [-0.1, -0.05) is 56.7 Å². The molecule has 0 aliphatic rings. The van der Waals surface area contributed by atoms with Crippen LogP contribution in [0.3, 0.4) is 0 Å². The lowest BCUT2D eigenvalue weighted by molar-refractivity contribution is 0.972. The Bertz CT molecular complexity index is 545. The Balaban J connectivity index is 2.02. The fourth-order valence-electron chi connectivity index (χ4n) is 1.22. The third-order valence-corrected chi connectivity index (χ3v) is 5.26. The average Bonchev–Trinajstić information content (AvgIpc) is 2.76. The Morgan fingerprint density at radius 1 is 1.39 bits per heavy atom. The maximum Gasteiger partial charge on any atom is 0.208 e. The summed E-state index contributed by atoms with van der Waals surface area (Å²) in [5, 5.41) is 9.92. The van der Waals surface area contributed by atoms with Gasteiger partial charge in [0.1, 0.15) is 0 Å². The first-order valence-electron chi connectivity index (χ1n) is 5.14. The average molecular weight is 365 g/mol. The van der Waals surface area contributed by atoms with E-state index in [1.165, 1.54) is 0 Å². The summed E-state index contributed by atoms with van der Waals surface area (Å²) in [5.74, 6) is 0.800. The Morgan fingerprint density at radius 3 is 2.78 bits per heavy atom. The molecule has 2 rings (SSSR count). The van der Waals surface area contributed by atoms with Crippen LogP contribution < -0.4 is 4.90 Å². The normalized spacial score (nSPS) is 10.7. The van der Waals surface area contributed by atoms with Crippen LogP contribution in [0.5, 0.6) is 0 Å². The molecule has 1 aromatic carbocycles. The standard InChI is InChI=1S/C11H11BrClN3S2/c1-16(2)10-14-15-11(18-10)17-6-7-3-4-8(12)5-9(7)13/h3-5H,6H2,1-2H3. The Morgan fingerprint density at radius 2 is 2.17 bits per heavy atom. The van der Waals surface area contributed by atoms with Gasteiger partial charge in [-0.3, -0.25) is 0 Å². The molecule has 96 valence electrons. The highest BCUT2D eigenvalue weighted by atomic mass is 79.9. The Hall–Kier alpha value is -0.300. The first-order valence-corrected chi connectivity index (χ1v) is 8.11. The van der Waals surface area contributed by atoms with Gasteiger partial charge in [0.15, 0.2) is 4.34 Å². The van der Waals surface area contributed by atoms with Crippen molar-refractivity contribution >= 4 is 55.8 Å². The molecule has 2 aromatic rings. The number of halogens is 2. The van der Waals surface area contributed by atoms with Crippen LogP contribution in [0.4, 0.5) is 5.13 Å². The van der Waals surface area contributed by atoms with Crippen molar-refractivity contribution in [1.29, 1.82) is 0 Å². The van der Waals surface area contributed by atoms with Gasteiger partial charge in [-0.2, -0.15) is 0 Å². The summed E-state index contributed by atoms with van der Waals surface area (Å²) in [5.41, 5.74) is 1.10. The molecule has 0 N–H and O–H groups in total. The Kier molecular flexibility index (Phi) is 4.89. The van der Waals surface area contributed by atoms with Crippen molar-refractivity contribution in [3.8, 4) is 0 Å². The molecule has 0 fully saturated rings. The lowest BCUT2D eigenvalue weighted by Gasteiger charge is -2.04. The van der Waals surface area contributed by atoms with Gasteiger partial charge in [-0.25, -0.2) is 0 Å². The highest BCUT2D eigenvalue weighted by Gasteiger charge is 2.08. The zero-order valence-corrected chi connectivity index (χ0v) is 13.8. The van der Waals surface area contributed by atoms with Crippen molar-refractivity contribution in [3.63, 3.8) is 0 Å². The molecule has 3 nitrogen and oxygen atoms in total. The Labute approximate surface area is 128 Å². The second-order valence-corrected chi connectivity index (χ2v) is 7.27. The maximum atomic E-state index is 6.17. The highest BCUT2D eigenvalue weighted by Crippen LogP contribution is 2.32. The van der Waals surface area contributed by atoms with Gasteiger partial charge in [0.2, 0.25) is 5.13 Å². The molecule has 0 atom stereocenters. The van der Waals surface area contributed by atoms with Crippen LogP contribution >= 0.6 is 50.6 Å². The number of rotatable bonds is 4. The quantitative estimate of drug-likeness (QED) is 0.756. The summed E-state index contributed by atoms with van der Waals surface area (Å²) in [6.07, 6.45) is 0. The number of anilines is 1. The summed E-state index contributed by atoms with van der Waals surface area (Å²) in [6, 6.07) is 5.92. The SMILES string of the molecule is CN(C)c1nnc(SCc2ccc(Br)cc2Cl)s1. The van der Waals surface area contributed by atoms with E-state index in [1.54, 1.807) is 23.1 Å². The van der Waals surface area contributed by atoms with Gasteiger partial charge in [0.25, 0.3) is 0 Å². The van der Waals surface area contributed by atoms with Gasteiger partial charge in [0.05, 0.1) is 0 Å². The topological polar surface area (TPSA) is 29.0 Å². The van der Waals surface area contributed by atoms with Gasteiger partial charge >= 0.3 is 0 Å². The maximum absolute atomic E-state index is 6.17. The number of benzene rings is 1. The number of nitrogens with zero attached hydrogens (tertiary/aromatic N) is 3. The second kappa shape index (κ2) is 6.23. The van der Waals surface area contributed by atoms with Gasteiger partial charge in [-0.05, 0) is 17.7 Å². The lowest BCUT2D eigenvalue weighted by Crippen LogP contribution is -2.07. The third-order valence-electron chi connectivity index (χ3n) is 2.14. The summed E-state index contributed by atoms with van der Waals surface area (Å²) in [7, 11) is 3.92. The second-order valence-electron chi connectivity index (χ2n) is 3.77. The van der Waals surface area contributed by atoms with Crippen LogP contribution in [0.15, 0.2) is 27.0 Å². The van der Waals surface area contributed by atoms with Crippen molar-refractivity contribution in [2.45, 2.75) is 10.1 Å². The molecule has 0 bridgehead atoms. The molecule has 1 aromatic heterocycles. The van der Waals surface area contributed by atoms with E-state index in [0.717, 1.165) is 30.3 Å². The first-order chi connectivity index (χ1) is 8.56. The molecule has 0 radical (unpaired) electrons. The van der Waals surface area contributed by atoms with Crippen LogP contribution in [0.25, 0.3) is 0 Å². The van der Waals surface area contributed by atoms with Crippen LogP contribution in [-0.4, -0.2) is 24.3 Å². The molecule has 0 unspecified atom stereocenters. The van der Waals surface area contributed by atoms with Gasteiger partial charge in [0, 0.05) is 29.3 Å². The van der Waals surface area contributed by atoms with E-state index in [0.29, 0.717) is 0 Å². The minimum Gasteiger partial charge on any atom is -0.353 e. The van der Waals surface area contributed by atoms with Gasteiger partial charge < -0.3 is 4.90 Å². The predicted octanol–water partition coefficient (Wildman–Crippen LogP) is 4.31. The number of thioether (sulfide) groups is 1. The van der Waals surface area contributed by atoms with E-state index in [4.69, 9.17) is 11.6 Å². The molecule has 0 aliphatic carbocycles. The largest absolute Gasteiger partial charge is 0.353 e. The van der Waals surface area contributed by atoms with Crippen LogP contribution in [-0.2, 0) is 5.75 Å². The zero-order chi connectivity index (χ0) is 13.1. The van der Waals surface area contributed by atoms with E-state index < -0.39 is 0 Å². The zero-order valence-electron chi connectivity index (χ0n) is 9.85. The van der Waals surface area contributed by atoms with Crippen molar-refractivity contribution < 1.29 is 0 Å². The van der Waals surface area contributed by atoms with Crippen molar-refractivity contribution in [2.75, 3.05) is 19.0 Å². The van der Waals surface area contributed by atoms with Crippen molar-refractivity contribution in [1.82, 2.24) is 10.2 Å². The fourth-order valence-corrected chi connectivity index (χ4v) is 3.81. The van der Waals surface area contributed by atoms with Crippen molar-refractivity contribution in [2.24, 2.45) is 0 Å². The van der Waals surface area contributed by atoms with Crippen molar-refractivity contribution in [3.05, 3.63) is 33.3 Å². The summed E-state index contributed by atoms with van der Waals surface area (Å²) < 4.78 is 1.95. The third kappa shape index (κ3) is 3.60. The molecule has 0 saturated heterocycles. The summed E-state index contributed by atoms with van der Waals surface area (Å²) in [4.78, 5) is 1.95. The molecule has 0 saturated carbocycles. The number of hydrogen-bond acceptors (Lipinski definition) is 5. The molecule has 18 heavy (non-hydrogen) atoms. The molecule has 1 heterocycles. The minimum absolute atomic E-state index is 0.772. The summed E-state index contributed by atoms with van der Waals surface area (Å²) >= 11 is 12.8. The fraction of sp³-hybridized carbons (Fsp3) is 0.273. The molecular weight excluding hydrogens is 354 g/mol. The van der Waals surface area contributed by atoms with Gasteiger partial charge in [-0.15, -0.1) is 10.2 Å². The smallest absolute Gasteiger partial charge is 0.208 e. The van der Waals surface area contributed by atoms with E-state index >= 15 is 0 Å². The molecule has 0 aliphatic heterocycles. The minimum atomic E-state index is 0.772. The van der Waals surface area contributed by atoms with E-state index in [1.807, 2.05) is 37.2 Å². The summed E-state index contributed by atoms with van der Waals surface area (Å²) in [6.45, 7) is 0. The molecule has 0 spiro atoms. The van der Waals surface area contributed by atoms with E-state index in [9.17, 15) is 0 Å². The highest BCUT2D eigenvalue weighted by molar-refractivity contribution is 9.10. The molecular formula is C11H11BrClN3S2. The molecule has 7 heteroatoms. The number of aromatic nitrogens is 2. The van der Waals surface area contributed by atoms with Crippen LogP contribution in [0, 0.1) is 0 Å². The number of hydrogen-bond donors (Lipinski definition) is 0. The first kappa shape index (κ1) is 14.1. The lowest BCUT2D eigenvalue weighted by atomic mass is 10.2. The van der Waals surface area contributed by atoms with Crippen LogP contribution in [0.2, 0.25) is 5.02 Å². The van der Waals surface area contributed by atoms with E-state index in [2.05, 4.69) is 26.1 Å². The van der Waals surface area contributed by atoms with E-state index in [-0.39, 0.29) is 0 Å². The monoisotopic (exact) mass is 363 g/mol. The van der Waals surface area contributed by atoms with Crippen LogP contribution in [0.1, 0.15) is 5.56 Å².